The molecule has 1 saturated carbocycles. The van der Waals surface area contributed by atoms with E-state index in [2.05, 4.69) is 54.0 Å². The molecule has 0 bridgehead atoms. The van der Waals surface area contributed by atoms with E-state index in [1.807, 2.05) is 39.8 Å². The first-order valence-electron chi connectivity index (χ1n) is 11.0. The zero-order chi connectivity index (χ0) is 22.3. The third kappa shape index (κ3) is 6.27. The van der Waals surface area contributed by atoms with E-state index in [1.165, 1.54) is 9.79 Å². The molecule has 0 heterocycles. The maximum Gasteiger partial charge on any atom is 0.344 e. The molecule has 3 rings (SSSR count). The summed E-state index contributed by atoms with van der Waals surface area (Å²) in [5.41, 5.74) is 1.74. The molecule has 0 saturated heterocycles. The Morgan fingerprint density at radius 3 is 2.29 bits per heavy atom. The number of carbonyl (C=O) groups is 1. The Hall–Kier alpha value is -2.46. The van der Waals surface area contributed by atoms with Crippen molar-refractivity contribution in [3.8, 4) is 5.75 Å². The molecule has 1 aliphatic carbocycles. The number of rotatable bonds is 8. The fourth-order valence-corrected chi connectivity index (χ4v) is 5.91. The Kier molecular flexibility index (Phi) is 8.03. The van der Waals surface area contributed by atoms with Gasteiger partial charge in [-0.25, -0.2) is 4.79 Å². The molecule has 31 heavy (non-hydrogen) atoms. The second-order valence-electron chi connectivity index (χ2n) is 8.31. The highest BCUT2D eigenvalue weighted by Gasteiger charge is 2.32. The van der Waals surface area contributed by atoms with Crippen LogP contribution in [0.25, 0.3) is 0 Å². The molecule has 0 aromatic heterocycles. The van der Waals surface area contributed by atoms with E-state index in [4.69, 9.17) is 9.47 Å². The van der Waals surface area contributed by atoms with Crippen molar-refractivity contribution in [2.45, 2.75) is 68.8 Å². The first-order valence-corrected chi connectivity index (χ1v) is 12.2. The van der Waals surface area contributed by atoms with Crippen LogP contribution in [0.1, 0.15) is 50.7 Å². The van der Waals surface area contributed by atoms with Gasteiger partial charge in [-0.15, -0.1) is 0 Å². The van der Waals surface area contributed by atoms with Crippen LogP contribution in [-0.4, -0.2) is 18.2 Å². The minimum Gasteiger partial charge on any atom is -0.481 e. The zero-order valence-electron chi connectivity index (χ0n) is 19.0. The molecule has 3 nitrogen and oxygen atoms in total. The molecule has 0 aliphatic heterocycles. The first kappa shape index (κ1) is 23.2. The molecule has 2 aromatic carbocycles. The summed E-state index contributed by atoms with van der Waals surface area (Å²) in [6.45, 7) is 8.07. The van der Waals surface area contributed by atoms with Crippen LogP contribution in [0.2, 0.25) is 0 Å². The predicted octanol–water partition coefficient (Wildman–Crippen LogP) is 6.68. The minimum atomic E-state index is -0.322. The van der Waals surface area contributed by atoms with Crippen molar-refractivity contribution in [3.05, 3.63) is 77.2 Å². The van der Waals surface area contributed by atoms with Crippen LogP contribution in [0.4, 0.5) is 0 Å². The zero-order valence-corrected chi connectivity index (χ0v) is 19.8. The molecular formula is C27H33O3S+. The standard InChI is InChI=1S/C27H33O3S/c1-5-6-12-17-31(23-13-8-7-9-14-23)24-18-21(2)26(22(3)19-24)29-20-25(28)30-27(4)15-10-11-16-27/h5-9,12-14,17-19H,10-11,15-16,20H2,1-4H3/q+1/b6-5-,17-12+. The van der Waals surface area contributed by atoms with Gasteiger partial charge in [-0.1, -0.05) is 30.4 Å². The lowest BCUT2D eigenvalue weighted by atomic mass is 10.1. The Morgan fingerprint density at radius 2 is 1.68 bits per heavy atom. The van der Waals surface area contributed by atoms with Crippen molar-refractivity contribution in [1.29, 1.82) is 0 Å². The molecule has 1 atom stereocenters. The van der Waals surface area contributed by atoms with Gasteiger partial charge in [0.25, 0.3) is 0 Å². The molecule has 1 aliphatic rings. The molecule has 2 aromatic rings. The molecule has 1 fully saturated rings. The number of esters is 1. The van der Waals surface area contributed by atoms with Crippen LogP contribution in [0, 0.1) is 13.8 Å². The molecule has 0 spiro atoms. The highest BCUT2D eigenvalue weighted by atomic mass is 32.2. The van der Waals surface area contributed by atoms with Gasteiger partial charge in [0.15, 0.2) is 16.4 Å². The van der Waals surface area contributed by atoms with E-state index in [0.29, 0.717) is 0 Å². The number of allylic oxidation sites excluding steroid dienone is 3. The summed E-state index contributed by atoms with van der Waals surface area (Å²) in [5, 5.41) is 2.24. The van der Waals surface area contributed by atoms with Crippen molar-refractivity contribution in [2.75, 3.05) is 6.61 Å². The van der Waals surface area contributed by atoms with E-state index in [1.54, 1.807) is 0 Å². The lowest BCUT2D eigenvalue weighted by molar-refractivity contribution is -0.159. The van der Waals surface area contributed by atoms with Gasteiger partial charge < -0.3 is 9.47 Å². The third-order valence-electron chi connectivity index (χ3n) is 5.56. The summed E-state index contributed by atoms with van der Waals surface area (Å²) in [5.74, 6) is 0.483. The molecule has 164 valence electrons. The number of benzene rings is 2. The maximum absolute atomic E-state index is 12.3. The number of aryl methyl sites for hydroxylation is 2. The first-order chi connectivity index (χ1) is 14.9. The van der Waals surface area contributed by atoms with Crippen molar-refractivity contribution >= 4 is 16.9 Å². The topological polar surface area (TPSA) is 35.5 Å². The lowest BCUT2D eigenvalue weighted by Crippen LogP contribution is -2.30. The summed E-state index contributed by atoms with van der Waals surface area (Å²) in [6, 6.07) is 14.9. The minimum absolute atomic E-state index is 0.0534. The summed E-state index contributed by atoms with van der Waals surface area (Å²) in [4.78, 5) is 14.8. The summed E-state index contributed by atoms with van der Waals surface area (Å²) < 4.78 is 11.6. The summed E-state index contributed by atoms with van der Waals surface area (Å²) >= 11 is 0. The van der Waals surface area contributed by atoms with Crippen LogP contribution < -0.4 is 4.74 Å². The monoisotopic (exact) mass is 437 g/mol. The SMILES string of the molecule is C/C=C\C=C\[S+](c1ccccc1)c1cc(C)c(OCC(=O)OC2(C)CCCC2)c(C)c1. The fourth-order valence-electron chi connectivity index (χ4n) is 4.02. The molecule has 1 unspecified atom stereocenters. The molecule has 0 radical (unpaired) electrons. The Balaban J connectivity index is 1.77. The number of ether oxygens (including phenoxy) is 2. The fraction of sp³-hybridized carbons (Fsp3) is 0.370. The van der Waals surface area contributed by atoms with Gasteiger partial charge in [0.1, 0.15) is 16.8 Å². The van der Waals surface area contributed by atoms with Crippen molar-refractivity contribution in [3.63, 3.8) is 0 Å². The van der Waals surface area contributed by atoms with Crippen LogP contribution in [0.15, 0.2) is 75.9 Å². The molecule has 4 heteroatoms. The van der Waals surface area contributed by atoms with Crippen LogP contribution >= 0.6 is 0 Å². The normalized spacial score (nSPS) is 16.6. The Morgan fingerprint density at radius 1 is 1.03 bits per heavy atom. The van der Waals surface area contributed by atoms with Gasteiger partial charge in [0, 0.05) is 12.1 Å². The number of carbonyl (C=O) groups excluding carboxylic acids is 1. The van der Waals surface area contributed by atoms with E-state index < -0.39 is 0 Å². The van der Waals surface area contributed by atoms with E-state index in [0.717, 1.165) is 42.6 Å². The average molecular weight is 438 g/mol. The second kappa shape index (κ2) is 10.7. The van der Waals surface area contributed by atoms with Gasteiger partial charge in [-0.05, 0) is 82.7 Å². The largest absolute Gasteiger partial charge is 0.481 e. The van der Waals surface area contributed by atoms with Crippen LogP contribution in [-0.2, 0) is 20.4 Å². The van der Waals surface area contributed by atoms with Gasteiger partial charge in [-0.2, -0.15) is 0 Å². The summed E-state index contributed by atoms with van der Waals surface area (Å²) in [7, 11) is -0.182. The lowest BCUT2D eigenvalue weighted by Gasteiger charge is -2.24. The molecular weight excluding hydrogens is 404 g/mol. The van der Waals surface area contributed by atoms with E-state index in [9.17, 15) is 4.79 Å². The van der Waals surface area contributed by atoms with Gasteiger partial charge in [0.05, 0.1) is 10.9 Å². The highest BCUT2D eigenvalue weighted by Crippen LogP contribution is 2.34. The Labute approximate surface area is 189 Å². The van der Waals surface area contributed by atoms with Gasteiger partial charge >= 0.3 is 5.97 Å². The molecule has 0 amide bonds. The average Bonchev–Trinajstić information content (AvgIpc) is 3.17. The van der Waals surface area contributed by atoms with Gasteiger partial charge in [0.2, 0.25) is 0 Å². The van der Waals surface area contributed by atoms with E-state index in [-0.39, 0.29) is 29.1 Å². The summed E-state index contributed by atoms with van der Waals surface area (Å²) in [6.07, 6.45) is 10.3. The smallest absolute Gasteiger partial charge is 0.344 e. The van der Waals surface area contributed by atoms with Crippen LogP contribution in [0.3, 0.4) is 0 Å². The predicted molar refractivity (Wildman–Crippen MR) is 129 cm³/mol. The second-order valence-corrected chi connectivity index (χ2v) is 10.2. The maximum atomic E-state index is 12.3. The highest BCUT2D eigenvalue weighted by molar-refractivity contribution is 7.99. The Bertz CT molecular complexity index is 917. The third-order valence-corrected chi connectivity index (χ3v) is 7.51. The van der Waals surface area contributed by atoms with E-state index >= 15 is 0 Å². The molecule has 0 N–H and O–H groups in total. The van der Waals surface area contributed by atoms with Crippen LogP contribution in [0.5, 0.6) is 5.75 Å². The van der Waals surface area contributed by atoms with Crippen molar-refractivity contribution < 1.29 is 14.3 Å². The number of hydrogen-bond acceptors (Lipinski definition) is 3. The van der Waals surface area contributed by atoms with Gasteiger partial charge in [-0.3, -0.25) is 0 Å². The number of hydrogen-bond donors (Lipinski definition) is 0. The van der Waals surface area contributed by atoms with Crippen molar-refractivity contribution in [1.82, 2.24) is 0 Å². The quantitative estimate of drug-likeness (QED) is 0.262. The van der Waals surface area contributed by atoms with Crippen molar-refractivity contribution in [2.24, 2.45) is 0 Å².